The zero-order valence-electron chi connectivity index (χ0n) is 9.70. The van der Waals surface area contributed by atoms with Crippen molar-refractivity contribution in [3.05, 3.63) is 64.5 Å². The van der Waals surface area contributed by atoms with Gasteiger partial charge in [-0.05, 0) is 47.5 Å². The predicted molar refractivity (Wildman–Crippen MR) is 77.2 cm³/mol. The number of aromatic nitrogens is 1. The summed E-state index contributed by atoms with van der Waals surface area (Å²) in [5, 5.41) is 1.91. The molecule has 0 aliphatic carbocycles. The number of hydrogen-bond donors (Lipinski definition) is 0. The second kappa shape index (κ2) is 4.80. The summed E-state index contributed by atoms with van der Waals surface area (Å²) in [7, 11) is 0. The van der Waals surface area contributed by atoms with Crippen LogP contribution in [0, 0.1) is 5.82 Å². The zero-order valence-corrected chi connectivity index (χ0v) is 11.2. The van der Waals surface area contributed by atoms with Gasteiger partial charge in [-0.3, -0.25) is 0 Å². The molecule has 3 aromatic rings. The monoisotopic (exact) mass is 291 g/mol. The van der Waals surface area contributed by atoms with Gasteiger partial charge < -0.3 is 0 Å². The molecular formula is C15H8Cl2FN. The van der Waals surface area contributed by atoms with Crippen molar-refractivity contribution in [3.8, 4) is 11.1 Å². The molecule has 0 spiro atoms. The molecule has 0 saturated heterocycles. The fourth-order valence-corrected chi connectivity index (χ4v) is 2.41. The quantitative estimate of drug-likeness (QED) is 0.551. The number of halogens is 3. The summed E-state index contributed by atoms with van der Waals surface area (Å²) in [6.45, 7) is 0. The summed E-state index contributed by atoms with van der Waals surface area (Å²) >= 11 is 12.0. The normalized spacial score (nSPS) is 10.9. The highest BCUT2D eigenvalue weighted by Crippen LogP contribution is 2.31. The fourth-order valence-electron chi connectivity index (χ4n) is 2.03. The molecule has 0 aliphatic heterocycles. The van der Waals surface area contributed by atoms with Crippen LogP contribution in [-0.2, 0) is 0 Å². The maximum absolute atomic E-state index is 13.0. The van der Waals surface area contributed by atoms with E-state index in [-0.39, 0.29) is 5.82 Å². The first-order chi connectivity index (χ1) is 9.13. The molecule has 94 valence electrons. The second-order valence-electron chi connectivity index (χ2n) is 4.16. The van der Waals surface area contributed by atoms with Crippen LogP contribution in [0.4, 0.5) is 4.39 Å². The van der Waals surface area contributed by atoms with Gasteiger partial charge in [-0.1, -0.05) is 35.3 Å². The Morgan fingerprint density at radius 2 is 1.63 bits per heavy atom. The number of nitrogens with zero attached hydrogens (tertiary/aromatic N) is 1. The SMILES string of the molecule is Fc1ccc(-c2cc(Cl)nc3ccc(Cl)cc23)cc1. The maximum Gasteiger partial charge on any atom is 0.130 e. The Hall–Kier alpha value is -1.64. The van der Waals surface area contributed by atoms with Gasteiger partial charge in [-0.2, -0.15) is 0 Å². The Bertz CT molecular complexity index is 754. The number of benzene rings is 2. The minimum Gasteiger partial charge on any atom is -0.236 e. The lowest BCUT2D eigenvalue weighted by Crippen LogP contribution is -1.86. The molecule has 3 rings (SSSR count). The molecule has 1 aromatic heterocycles. The van der Waals surface area contributed by atoms with E-state index in [9.17, 15) is 4.39 Å². The third kappa shape index (κ3) is 2.42. The molecule has 0 unspecified atom stereocenters. The predicted octanol–water partition coefficient (Wildman–Crippen LogP) is 5.35. The Morgan fingerprint density at radius 3 is 2.37 bits per heavy atom. The van der Waals surface area contributed by atoms with E-state index in [1.807, 2.05) is 12.1 Å². The summed E-state index contributed by atoms with van der Waals surface area (Å²) in [6.07, 6.45) is 0. The molecule has 0 N–H and O–H groups in total. The lowest BCUT2D eigenvalue weighted by atomic mass is 10.0. The van der Waals surface area contributed by atoms with Crippen molar-refractivity contribution >= 4 is 34.1 Å². The van der Waals surface area contributed by atoms with E-state index in [4.69, 9.17) is 23.2 Å². The fraction of sp³-hybridized carbons (Fsp3) is 0. The smallest absolute Gasteiger partial charge is 0.130 e. The topological polar surface area (TPSA) is 12.9 Å². The summed E-state index contributed by atoms with van der Waals surface area (Å²) in [5.74, 6) is -0.272. The third-order valence-electron chi connectivity index (χ3n) is 2.89. The first-order valence-electron chi connectivity index (χ1n) is 5.65. The van der Waals surface area contributed by atoms with Crippen LogP contribution in [0.15, 0.2) is 48.5 Å². The van der Waals surface area contributed by atoms with Gasteiger partial charge in [0.05, 0.1) is 5.52 Å². The molecule has 2 aromatic carbocycles. The number of pyridine rings is 1. The Labute approximate surface area is 119 Å². The van der Waals surface area contributed by atoms with Crippen LogP contribution in [0.2, 0.25) is 10.2 Å². The highest BCUT2D eigenvalue weighted by atomic mass is 35.5. The Morgan fingerprint density at radius 1 is 0.895 bits per heavy atom. The van der Waals surface area contributed by atoms with E-state index in [0.717, 1.165) is 22.0 Å². The van der Waals surface area contributed by atoms with Crippen LogP contribution in [0.25, 0.3) is 22.0 Å². The summed E-state index contributed by atoms with van der Waals surface area (Å²) < 4.78 is 13.0. The van der Waals surface area contributed by atoms with E-state index in [0.29, 0.717) is 10.2 Å². The van der Waals surface area contributed by atoms with Gasteiger partial charge in [0.1, 0.15) is 11.0 Å². The molecule has 0 radical (unpaired) electrons. The van der Waals surface area contributed by atoms with Crippen LogP contribution in [0.5, 0.6) is 0 Å². The summed E-state index contributed by atoms with van der Waals surface area (Å²) in [4.78, 5) is 4.25. The highest BCUT2D eigenvalue weighted by molar-refractivity contribution is 6.32. The van der Waals surface area contributed by atoms with Crippen molar-refractivity contribution < 1.29 is 4.39 Å². The first kappa shape index (κ1) is 12.4. The Kier molecular flexibility index (Phi) is 3.13. The van der Waals surface area contributed by atoms with E-state index in [1.165, 1.54) is 12.1 Å². The van der Waals surface area contributed by atoms with Gasteiger partial charge in [-0.25, -0.2) is 9.37 Å². The second-order valence-corrected chi connectivity index (χ2v) is 4.98. The first-order valence-corrected chi connectivity index (χ1v) is 6.41. The molecule has 0 saturated carbocycles. The van der Waals surface area contributed by atoms with Crippen molar-refractivity contribution in [1.82, 2.24) is 4.98 Å². The van der Waals surface area contributed by atoms with Gasteiger partial charge in [0.15, 0.2) is 0 Å². The number of rotatable bonds is 1. The molecule has 0 fully saturated rings. The molecule has 1 nitrogen and oxygen atoms in total. The third-order valence-corrected chi connectivity index (χ3v) is 3.32. The van der Waals surface area contributed by atoms with Crippen LogP contribution >= 0.6 is 23.2 Å². The summed E-state index contributed by atoms with van der Waals surface area (Å²) in [5.41, 5.74) is 2.52. The maximum atomic E-state index is 13.0. The minimum absolute atomic E-state index is 0.272. The molecule has 4 heteroatoms. The number of fused-ring (bicyclic) bond motifs is 1. The lowest BCUT2D eigenvalue weighted by Gasteiger charge is -2.08. The van der Waals surface area contributed by atoms with E-state index >= 15 is 0 Å². The van der Waals surface area contributed by atoms with E-state index < -0.39 is 0 Å². The zero-order chi connectivity index (χ0) is 13.4. The van der Waals surface area contributed by atoms with E-state index in [1.54, 1.807) is 24.3 Å². The number of hydrogen-bond acceptors (Lipinski definition) is 1. The highest BCUT2D eigenvalue weighted by Gasteiger charge is 2.08. The van der Waals surface area contributed by atoms with Crippen LogP contribution < -0.4 is 0 Å². The molecule has 0 amide bonds. The van der Waals surface area contributed by atoms with Gasteiger partial charge in [0.2, 0.25) is 0 Å². The molecule has 19 heavy (non-hydrogen) atoms. The van der Waals surface area contributed by atoms with Crippen LogP contribution in [-0.4, -0.2) is 4.98 Å². The molecule has 0 bridgehead atoms. The van der Waals surface area contributed by atoms with Crippen LogP contribution in [0.1, 0.15) is 0 Å². The molecular weight excluding hydrogens is 284 g/mol. The van der Waals surface area contributed by atoms with Crippen molar-refractivity contribution in [1.29, 1.82) is 0 Å². The van der Waals surface area contributed by atoms with Crippen molar-refractivity contribution in [2.75, 3.05) is 0 Å². The van der Waals surface area contributed by atoms with Gasteiger partial charge in [0, 0.05) is 10.4 Å². The van der Waals surface area contributed by atoms with Gasteiger partial charge in [0.25, 0.3) is 0 Å². The largest absolute Gasteiger partial charge is 0.236 e. The van der Waals surface area contributed by atoms with Gasteiger partial charge >= 0.3 is 0 Å². The van der Waals surface area contributed by atoms with Crippen LogP contribution in [0.3, 0.4) is 0 Å². The molecule has 1 heterocycles. The molecule has 0 atom stereocenters. The lowest BCUT2D eigenvalue weighted by molar-refractivity contribution is 0.628. The average Bonchev–Trinajstić information content (AvgIpc) is 2.39. The van der Waals surface area contributed by atoms with Crippen molar-refractivity contribution in [2.24, 2.45) is 0 Å². The molecule has 0 aliphatic rings. The summed E-state index contributed by atoms with van der Waals surface area (Å²) in [6, 6.07) is 13.4. The van der Waals surface area contributed by atoms with Crippen molar-refractivity contribution in [3.63, 3.8) is 0 Å². The minimum atomic E-state index is -0.272. The van der Waals surface area contributed by atoms with Gasteiger partial charge in [-0.15, -0.1) is 0 Å². The standard InChI is InChI=1S/C15H8Cl2FN/c16-10-3-6-14-13(7-10)12(8-15(17)19-14)9-1-4-11(18)5-2-9/h1-8H. The average molecular weight is 292 g/mol. The van der Waals surface area contributed by atoms with E-state index in [2.05, 4.69) is 4.98 Å². The van der Waals surface area contributed by atoms with Crippen molar-refractivity contribution in [2.45, 2.75) is 0 Å². The Balaban J connectivity index is 2.32.